The van der Waals surface area contributed by atoms with Crippen molar-refractivity contribution in [2.75, 3.05) is 6.61 Å². The summed E-state index contributed by atoms with van der Waals surface area (Å²) >= 11 is 0. The minimum Gasteiger partial charge on any atom is -0.493 e. The first-order chi connectivity index (χ1) is 7.25. The number of rotatable bonds is 4. The van der Waals surface area contributed by atoms with Crippen molar-refractivity contribution in [2.24, 2.45) is 11.7 Å². The minimum absolute atomic E-state index is 0.402. The summed E-state index contributed by atoms with van der Waals surface area (Å²) in [6.07, 6.45) is 3.88. The van der Waals surface area contributed by atoms with Crippen LogP contribution in [0.3, 0.4) is 0 Å². The minimum atomic E-state index is -0.402. The Morgan fingerprint density at radius 2 is 2.00 bits per heavy atom. The predicted octanol–water partition coefficient (Wildman–Crippen LogP) is 1.96. The van der Waals surface area contributed by atoms with Gasteiger partial charge in [0.05, 0.1) is 6.61 Å². The molecule has 1 fully saturated rings. The van der Waals surface area contributed by atoms with Gasteiger partial charge in [0.2, 0.25) is 5.91 Å². The van der Waals surface area contributed by atoms with E-state index in [1.165, 1.54) is 19.3 Å². The highest BCUT2D eigenvalue weighted by molar-refractivity contribution is 5.92. The van der Waals surface area contributed by atoms with Crippen molar-refractivity contribution in [1.82, 2.24) is 0 Å². The molecule has 3 nitrogen and oxygen atoms in total. The van der Waals surface area contributed by atoms with Crippen LogP contribution in [0.4, 0.5) is 0 Å². The molecule has 0 bridgehead atoms. The number of carbonyl (C=O) groups is 1. The molecule has 0 spiro atoms. The molecule has 1 aromatic carbocycles. The summed E-state index contributed by atoms with van der Waals surface area (Å²) in [6.45, 7) is 0.788. The van der Waals surface area contributed by atoms with E-state index in [2.05, 4.69) is 0 Å². The Morgan fingerprint density at radius 1 is 1.33 bits per heavy atom. The second-order valence-electron chi connectivity index (χ2n) is 4.00. The zero-order chi connectivity index (χ0) is 10.7. The van der Waals surface area contributed by atoms with Gasteiger partial charge in [0.1, 0.15) is 5.75 Å². The van der Waals surface area contributed by atoms with E-state index in [1.54, 1.807) is 24.3 Å². The topological polar surface area (TPSA) is 52.3 Å². The number of primary amides is 1. The largest absolute Gasteiger partial charge is 0.493 e. The van der Waals surface area contributed by atoms with Crippen LogP contribution in [0.25, 0.3) is 0 Å². The van der Waals surface area contributed by atoms with Crippen LogP contribution in [-0.4, -0.2) is 12.5 Å². The van der Waals surface area contributed by atoms with Gasteiger partial charge in [-0.15, -0.1) is 0 Å². The van der Waals surface area contributed by atoms with Crippen molar-refractivity contribution < 1.29 is 9.53 Å². The van der Waals surface area contributed by atoms with Crippen molar-refractivity contribution in [1.29, 1.82) is 0 Å². The summed E-state index contributed by atoms with van der Waals surface area (Å²) in [6, 6.07) is 6.97. The van der Waals surface area contributed by atoms with E-state index >= 15 is 0 Å². The van der Waals surface area contributed by atoms with Crippen molar-refractivity contribution in [2.45, 2.75) is 19.3 Å². The lowest BCUT2D eigenvalue weighted by molar-refractivity contribution is 0.1000. The van der Waals surface area contributed by atoms with Gasteiger partial charge in [-0.25, -0.2) is 0 Å². The Morgan fingerprint density at radius 3 is 2.47 bits per heavy atom. The molecule has 2 rings (SSSR count). The van der Waals surface area contributed by atoms with Gasteiger partial charge in [0.15, 0.2) is 0 Å². The summed E-state index contributed by atoms with van der Waals surface area (Å²) < 4.78 is 5.59. The van der Waals surface area contributed by atoms with Crippen LogP contribution in [0.1, 0.15) is 29.6 Å². The number of ether oxygens (including phenoxy) is 1. The van der Waals surface area contributed by atoms with Gasteiger partial charge in [0, 0.05) is 5.56 Å². The highest BCUT2D eigenvalue weighted by atomic mass is 16.5. The molecule has 1 amide bonds. The molecular formula is C12H15NO2. The maximum atomic E-state index is 10.8. The van der Waals surface area contributed by atoms with E-state index in [9.17, 15) is 4.79 Å². The lowest BCUT2D eigenvalue weighted by Gasteiger charge is -2.25. The SMILES string of the molecule is NC(=O)c1ccc(OCC2CCC2)cc1. The second kappa shape index (κ2) is 4.34. The first kappa shape index (κ1) is 10.0. The highest BCUT2D eigenvalue weighted by Gasteiger charge is 2.17. The number of benzene rings is 1. The first-order valence-electron chi connectivity index (χ1n) is 5.28. The highest BCUT2D eigenvalue weighted by Crippen LogP contribution is 2.27. The summed E-state index contributed by atoms with van der Waals surface area (Å²) in [5.74, 6) is 1.13. The Hall–Kier alpha value is -1.51. The van der Waals surface area contributed by atoms with Gasteiger partial charge in [0.25, 0.3) is 0 Å². The third kappa shape index (κ3) is 2.49. The molecule has 0 aromatic heterocycles. The molecule has 2 N–H and O–H groups in total. The summed E-state index contributed by atoms with van der Waals surface area (Å²) in [7, 11) is 0. The number of hydrogen-bond acceptors (Lipinski definition) is 2. The van der Waals surface area contributed by atoms with Crippen LogP contribution < -0.4 is 10.5 Å². The molecule has 80 valence electrons. The van der Waals surface area contributed by atoms with Crippen molar-refractivity contribution in [3.05, 3.63) is 29.8 Å². The van der Waals surface area contributed by atoms with E-state index in [0.717, 1.165) is 18.3 Å². The predicted molar refractivity (Wildman–Crippen MR) is 57.8 cm³/mol. The van der Waals surface area contributed by atoms with Gasteiger partial charge in [-0.1, -0.05) is 6.42 Å². The molecule has 0 radical (unpaired) electrons. The standard InChI is InChI=1S/C12H15NO2/c13-12(14)10-4-6-11(7-5-10)15-8-9-2-1-3-9/h4-7,9H,1-3,8H2,(H2,13,14). The van der Waals surface area contributed by atoms with Gasteiger partial charge < -0.3 is 10.5 Å². The third-order valence-electron chi connectivity index (χ3n) is 2.85. The fourth-order valence-electron chi connectivity index (χ4n) is 1.59. The van der Waals surface area contributed by atoms with Gasteiger partial charge in [-0.05, 0) is 43.0 Å². The summed E-state index contributed by atoms with van der Waals surface area (Å²) in [4.78, 5) is 10.8. The van der Waals surface area contributed by atoms with E-state index in [0.29, 0.717) is 5.56 Å². The van der Waals surface area contributed by atoms with Crippen molar-refractivity contribution in [3.63, 3.8) is 0 Å². The molecule has 15 heavy (non-hydrogen) atoms. The molecule has 0 heterocycles. The van der Waals surface area contributed by atoms with Crippen molar-refractivity contribution >= 4 is 5.91 Å². The number of amides is 1. The molecule has 0 unspecified atom stereocenters. The van der Waals surface area contributed by atoms with E-state index in [-0.39, 0.29) is 0 Å². The molecule has 0 saturated heterocycles. The van der Waals surface area contributed by atoms with Crippen LogP contribution in [0.15, 0.2) is 24.3 Å². The zero-order valence-corrected chi connectivity index (χ0v) is 8.61. The lowest BCUT2D eigenvalue weighted by Crippen LogP contribution is -2.19. The smallest absolute Gasteiger partial charge is 0.248 e. The average Bonchev–Trinajstić information content (AvgIpc) is 2.16. The quantitative estimate of drug-likeness (QED) is 0.817. The zero-order valence-electron chi connectivity index (χ0n) is 8.61. The second-order valence-corrected chi connectivity index (χ2v) is 4.00. The Kier molecular flexibility index (Phi) is 2.90. The average molecular weight is 205 g/mol. The monoisotopic (exact) mass is 205 g/mol. The molecule has 1 saturated carbocycles. The van der Waals surface area contributed by atoms with E-state index < -0.39 is 5.91 Å². The van der Waals surface area contributed by atoms with Crippen LogP contribution in [-0.2, 0) is 0 Å². The molecule has 1 aliphatic rings. The molecule has 1 aliphatic carbocycles. The summed E-state index contributed by atoms with van der Waals surface area (Å²) in [5, 5.41) is 0. The third-order valence-corrected chi connectivity index (χ3v) is 2.85. The van der Waals surface area contributed by atoms with Gasteiger partial charge in [-0.2, -0.15) is 0 Å². The number of nitrogens with two attached hydrogens (primary N) is 1. The first-order valence-corrected chi connectivity index (χ1v) is 5.28. The van der Waals surface area contributed by atoms with Crippen LogP contribution >= 0.6 is 0 Å². The maximum Gasteiger partial charge on any atom is 0.248 e. The number of carbonyl (C=O) groups excluding carboxylic acids is 1. The van der Waals surface area contributed by atoms with Crippen LogP contribution in [0.2, 0.25) is 0 Å². The van der Waals surface area contributed by atoms with Crippen LogP contribution in [0, 0.1) is 5.92 Å². The molecule has 1 aromatic rings. The molecule has 3 heteroatoms. The summed E-state index contributed by atoms with van der Waals surface area (Å²) in [5.41, 5.74) is 5.66. The van der Waals surface area contributed by atoms with E-state index in [4.69, 9.17) is 10.5 Å². The maximum absolute atomic E-state index is 10.8. The Labute approximate surface area is 89.2 Å². The van der Waals surface area contributed by atoms with Crippen molar-refractivity contribution in [3.8, 4) is 5.75 Å². The van der Waals surface area contributed by atoms with Gasteiger partial charge in [-0.3, -0.25) is 4.79 Å². The normalized spacial score (nSPS) is 15.7. The molecule has 0 atom stereocenters. The Balaban J connectivity index is 1.88. The molecular weight excluding hydrogens is 190 g/mol. The number of hydrogen-bond donors (Lipinski definition) is 1. The Bertz CT molecular complexity index is 341. The van der Waals surface area contributed by atoms with E-state index in [1.807, 2.05) is 0 Å². The lowest BCUT2D eigenvalue weighted by atomic mass is 9.86. The fourth-order valence-corrected chi connectivity index (χ4v) is 1.59. The van der Waals surface area contributed by atoms with Crippen LogP contribution in [0.5, 0.6) is 5.75 Å². The van der Waals surface area contributed by atoms with Gasteiger partial charge >= 0.3 is 0 Å². The fraction of sp³-hybridized carbons (Fsp3) is 0.417. The molecule has 0 aliphatic heterocycles.